The first-order valence-electron chi connectivity index (χ1n) is 10.7. The van der Waals surface area contributed by atoms with Crippen molar-refractivity contribution in [3.63, 3.8) is 0 Å². The van der Waals surface area contributed by atoms with Gasteiger partial charge < -0.3 is 24.7 Å². The van der Waals surface area contributed by atoms with Gasteiger partial charge in [0.2, 0.25) is 12.7 Å². The highest BCUT2D eigenvalue weighted by Gasteiger charge is 2.26. The van der Waals surface area contributed by atoms with Crippen LogP contribution >= 0.6 is 35.0 Å². The van der Waals surface area contributed by atoms with Gasteiger partial charge in [-0.3, -0.25) is 9.59 Å². The normalized spacial score (nSPS) is 13.1. The van der Waals surface area contributed by atoms with Crippen molar-refractivity contribution in [1.82, 2.24) is 20.1 Å². The zero-order valence-electron chi connectivity index (χ0n) is 19.2. The SMILES string of the molecule is CC(C)C(NC(=O)c1ccc2c(c1)OCO2)c1nnc(SCC(=O)Nc2ccc(Cl)c(Cl)c2)n1C. The van der Waals surface area contributed by atoms with Crippen molar-refractivity contribution in [3.8, 4) is 11.5 Å². The van der Waals surface area contributed by atoms with Gasteiger partial charge in [0.1, 0.15) is 0 Å². The van der Waals surface area contributed by atoms with Crippen molar-refractivity contribution in [2.75, 3.05) is 17.9 Å². The Labute approximate surface area is 216 Å². The van der Waals surface area contributed by atoms with Crippen LogP contribution in [0.1, 0.15) is 36.1 Å². The molecule has 0 saturated carbocycles. The quantitative estimate of drug-likeness (QED) is 0.402. The number of aromatic nitrogens is 3. The number of halogens is 2. The minimum atomic E-state index is -0.398. The van der Waals surface area contributed by atoms with E-state index in [-0.39, 0.29) is 30.3 Å². The third kappa shape index (κ3) is 5.83. The summed E-state index contributed by atoms with van der Waals surface area (Å²) in [6.07, 6.45) is 0. The summed E-state index contributed by atoms with van der Waals surface area (Å²) in [7, 11) is 1.80. The fourth-order valence-electron chi connectivity index (χ4n) is 3.42. The summed E-state index contributed by atoms with van der Waals surface area (Å²) in [4.78, 5) is 25.3. The van der Waals surface area contributed by atoms with Gasteiger partial charge in [-0.25, -0.2) is 0 Å². The number of benzene rings is 2. The number of anilines is 1. The molecule has 0 bridgehead atoms. The van der Waals surface area contributed by atoms with Gasteiger partial charge in [-0.2, -0.15) is 0 Å². The van der Waals surface area contributed by atoms with Crippen LogP contribution in [0.3, 0.4) is 0 Å². The second kappa shape index (κ2) is 10.8. The zero-order valence-corrected chi connectivity index (χ0v) is 21.5. The smallest absolute Gasteiger partial charge is 0.252 e. The Bertz CT molecular complexity index is 1270. The van der Waals surface area contributed by atoms with Crippen LogP contribution in [-0.4, -0.2) is 39.1 Å². The van der Waals surface area contributed by atoms with Crippen LogP contribution in [-0.2, 0) is 11.8 Å². The Hall–Kier alpha value is -2.95. The Kier molecular flexibility index (Phi) is 7.73. The Morgan fingerprint density at radius 1 is 1.09 bits per heavy atom. The lowest BCUT2D eigenvalue weighted by Gasteiger charge is -2.21. The highest BCUT2D eigenvalue weighted by Crippen LogP contribution is 2.33. The van der Waals surface area contributed by atoms with Gasteiger partial charge in [0.05, 0.1) is 21.8 Å². The molecule has 1 unspecified atom stereocenters. The molecular formula is C23H23Cl2N5O4S. The lowest BCUT2D eigenvalue weighted by atomic mass is 10.0. The van der Waals surface area contributed by atoms with Crippen molar-refractivity contribution < 1.29 is 19.1 Å². The number of thioether (sulfide) groups is 1. The standard InChI is InChI=1S/C23H23Cl2N5O4S/c1-12(2)20(27-22(32)13-4-7-17-18(8-13)34-11-33-17)21-28-29-23(30(21)3)35-10-19(31)26-14-5-6-15(24)16(25)9-14/h4-9,12,20H,10-11H2,1-3H3,(H,26,31)(H,27,32). The predicted octanol–water partition coefficient (Wildman–Crippen LogP) is 4.71. The Morgan fingerprint density at radius 3 is 2.60 bits per heavy atom. The van der Waals surface area contributed by atoms with Gasteiger partial charge in [-0.1, -0.05) is 48.8 Å². The Morgan fingerprint density at radius 2 is 1.86 bits per heavy atom. The molecule has 4 rings (SSSR count). The van der Waals surface area contributed by atoms with Crippen LogP contribution in [0.2, 0.25) is 10.0 Å². The maximum atomic E-state index is 12.9. The highest BCUT2D eigenvalue weighted by atomic mass is 35.5. The molecule has 0 saturated heterocycles. The first-order chi connectivity index (χ1) is 16.7. The molecule has 1 aliphatic rings. The third-order valence-corrected chi connectivity index (χ3v) is 7.03. The molecule has 2 heterocycles. The van der Waals surface area contributed by atoms with E-state index in [1.165, 1.54) is 11.8 Å². The van der Waals surface area contributed by atoms with Crippen LogP contribution in [0, 0.1) is 5.92 Å². The summed E-state index contributed by atoms with van der Waals surface area (Å²) in [6, 6.07) is 9.53. The van der Waals surface area contributed by atoms with Crippen LogP contribution in [0.15, 0.2) is 41.6 Å². The van der Waals surface area contributed by atoms with E-state index in [9.17, 15) is 9.59 Å². The first kappa shape index (κ1) is 25.2. The average Bonchev–Trinajstić information content (AvgIpc) is 3.44. The van der Waals surface area contributed by atoms with E-state index < -0.39 is 6.04 Å². The molecule has 0 spiro atoms. The number of ether oxygens (including phenoxy) is 2. The lowest BCUT2D eigenvalue weighted by Crippen LogP contribution is -2.33. The fraction of sp³-hybridized carbons (Fsp3) is 0.304. The van der Waals surface area contributed by atoms with Gasteiger partial charge in [0, 0.05) is 18.3 Å². The number of nitrogens with one attached hydrogen (secondary N) is 2. The van der Waals surface area contributed by atoms with Gasteiger partial charge in [0.15, 0.2) is 22.5 Å². The highest BCUT2D eigenvalue weighted by molar-refractivity contribution is 7.99. The maximum absolute atomic E-state index is 12.9. The minimum Gasteiger partial charge on any atom is -0.454 e. The van der Waals surface area contributed by atoms with Crippen LogP contribution in [0.25, 0.3) is 0 Å². The number of carbonyl (C=O) groups excluding carboxylic acids is 2. The van der Waals surface area contributed by atoms with Crippen molar-refractivity contribution >= 4 is 52.5 Å². The van der Waals surface area contributed by atoms with Gasteiger partial charge >= 0.3 is 0 Å². The van der Waals surface area contributed by atoms with E-state index in [1.54, 1.807) is 48.0 Å². The monoisotopic (exact) mass is 535 g/mol. The number of carbonyl (C=O) groups is 2. The van der Waals surface area contributed by atoms with Crippen molar-refractivity contribution in [2.45, 2.75) is 25.0 Å². The topological polar surface area (TPSA) is 107 Å². The molecule has 3 aromatic rings. The summed E-state index contributed by atoms with van der Waals surface area (Å²) in [5.74, 6) is 1.39. The number of rotatable bonds is 8. The molecule has 9 nitrogen and oxygen atoms in total. The fourth-order valence-corrected chi connectivity index (χ4v) is 4.43. The Balaban J connectivity index is 1.41. The molecule has 35 heavy (non-hydrogen) atoms. The molecule has 12 heteroatoms. The molecule has 184 valence electrons. The molecule has 1 aliphatic heterocycles. The summed E-state index contributed by atoms with van der Waals surface area (Å²) in [5, 5.41) is 15.6. The lowest BCUT2D eigenvalue weighted by molar-refractivity contribution is -0.113. The van der Waals surface area contributed by atoms with E-state index in [0.29, 0.717) is 43.8 Å². The van der Waals surface area contributed by atoms with Crippen molar-refractivity contribution in [2.24, 2.45) is 13.0 Å². The van der Waals surface area contributed by atoms with E-state index in [1.807, 2.05) is 13.8 Å². The second-order valence-electron chi connectivity index (χ2n) is 8.13. The molecule has 1 aromatic heterocycles. The third-order valence-electron chi connectivity index (χ3n) is 5.27. The summed E-state index contributed by atoms with van der Waals surface area (Å²) >= 11 is 13.1. The summed E-state index contributed by atoms with van der Waals surface area (Å²) < 4.78 is 12.5. The van der Waals surface area contributed by atoms with Crippen molar-refractivity contribution in [1.29, 1.82) is 0 Å². The second-order valence-corrected chi connectivity index (χ2v) is 9.89. The molecule has 2 N–H and O–H groups in total. The molecular weight excluding hydrogens is 513 g/mol. The minimum absolute atomic E-state index is 0.0339. The van der Waals surface area contributed by atoms with Gasteiger partial charge in [-0.05, 0) is 42.3 Å². The molecule has 0 radical (unpaired) electrons. The molecule has 2 amide bonds. The number of fused-ring (bicyclic) bond motifs is 1. The summed E-state index contributed by atoms with van der Waals surface area (Å²) in [6.45, 7) is 4.10. The van der Waals surface area contributed by atoms with Crippen LogP contribution in [0.5, 0.6) is 11.5 Å². The first-order valence-corrected chi connectivity index (χ1v) is 12.4. The maximum Gasteiger partial charge on any atom is 0.252 e. The average molecular weight is 536 g/mol. The van der Waals surface area contributed by atoms with Crippen LogP contribution in [0.4, 0.5) is 5.69 Å². The molecule has 0 aliphatic carbocycles. The van der Waals surface area contributed by atoms with E-state index >= 15 is 0 Å². The van der Waals surface area contributed by atoms with Crippen LogP contribution < -0.4 is 20.1 Å². The number of amides is 2. The largest absolute Gasteiger partial charge is 0.454 e. The molecule has 2 aromatic carbocycles. The van der Waals surface area contributed by atoms with E-state index in [0.717, 1.165) is 0 Å². The van der Waals surface area contributed by atoms with E-state index in [4.69, 9.17) is 32.7 Å². The van der Waals surface area contributed by atoms with Gasteiger partial charge in [-0.15, -0.1) is 10.2 Å². The number of nitrogens with zero attached hydrogens (tertiary/aromatic N) is 3. The number of hydrogen-bond donors (Lipinski definition) is 2. The predicted molar refractivity (Wildman–Crippen MR) is 134 cm³/mol. The zero-order chi connectivity index (χ0) is 25.1. The van der Waals surface area contributed by atoms with E-state index in [2.05, 4.69) is 20.8 Å². The molecule has 0 fully saturated rings. The summed E-state index contributed by atoms with van der Waals surface area (Å²) in [5.41, 5.74) is 1.00. The van der Waals surface area contributed by atoms with Crippen molar-refractivity contribution in [3.05, 3.63) is 57.8 Å². The molecule has 1 atom stereocenters. The van der Waals surface area contributed by atoms with Gasteiger partial charge in [0.25, 0.3) is 5.91 Å². The number of hydrogen-bond acceptors (Lipinski definition) is 7.